The van der Waals surface area contributed by atoms with Crippen LogP contribution in [0.3, 0.4) is 0 Å². The van der Waals surface area contributed by atoms with E-state index in [0.717, 1.165) is 92.2 Å². The maximum atomic E-state index is 13.4. The number of likely N-dealkylation sites (N-methyl/N-ethyl adjacent to an activating group) is 5. The number of likely N-dealkylation sites (tertiary alicyclic amines) is 3. The van der Waals surface area contributed by atoms with Crippen LogP contribution in [0, 0.1) is 53.3 Å². The molecule has 18 heteroatoms. The number of halogens is 1. The van der Waals surface area contributed by atoms with E-state index >= 15 is 0 Å². The molecule has 9 fully saturated rings. The van der Waals surface area contributed by atoms with Gasteiger partial charge in [-0.15, -0.1) is 0 Å². The highest BCUT2D eigenvalue weighted by atomic mass is 19.1. The SMILES string of the molecule is C.CC(C)CN1CCC(C)(F)CC1.CC(C)CN1CCC(N(C)C)C1.CC(C)CN1CCCCC1.CC(C)CN1CCCN(C)CC1.CC(C)CN1CCN(C)C(C)C1.CC(C)CN1CCN(C)CC1.CCCN1CCN(CC(C)C)CC1.CCN1CCN(CC(C)C)CC1.COCCN1CCN(CC(C)C)CC1. The van der Waals surface area contributed by atoms with Gasteiger partial charge >= 0.3 is 0 Å². The van der Waals surface area contributed by atoms with Gasteiger partial charge in [-0.25, -0.2) is 4.39 Å². The number of piperidine rings is 2. The number of alkyl halides is 1. The summed E-state index contributed by atoms with van der Waals surface area (Å²) in [5.74, 6) is 7.22. The molecule has 9 aliphatic rings. The lowest BCUT2D eigenvalue weighted by atomic mass is 9.95. The molecule has 0 radical (unpaired) electrons. The van der Waals surface area contributed by atoms with Gasteiger partial charge in [0, 0.05) is 242 Å². The summed E-state index contributed by atoms with van der Waals surface area (Å²) >= 11 is 0. The van der Waals surface area contributed by atoms with Crippen LogP contribution in [0.4, 0.5) is 4.39 Å². The van der Waals surface area contributed by atoms with Crippen molar-refractivity contribution in [3.8, 4) is 0 Å². The van der Waals surface area contributed by atoms with Gasteiger partial charge in [-0.3, -0.25) is 4.90 Å². The van der Waals surface area contributed by atoms with Crippen LogP contribution >= 0.6 is 0 Å². The number of rotatable bonds is 25. The lowest BCUT2D eigenvalue weighted by molar-refractivity contribution is 0.0684. The molecule has 0 aromatic rings. The molecular weight excluding hydrogens is 1350 g/mol. The predicted molar refractivity (Wildman–Crippen MR) is 482 cm³/mol. The van der Waals surface area contributed by atoms with Gasteiger partial charge in [-0.1, -0.05) is 152 Å². The third-order valence-corrected chi connectivity index (χ3v) is 22.4. The van der Waals surface area contributed by atoms with E-state index in [9.17, 15) is 4.39 Å². The Kier molecular flexibility index (Phi) is 63.8. The Labute approximate surface area is 683 Å². The molecule has 0 aromatic heterocycles. The summed E-state index contributed by atoms with van der Waals surface area (Å²) in [7, 11) is 12.8. The molecule has 0 amide bonds. The molecule has 109 heavy (non-hydrogen) atoms. The van der Waals surface area contributed by atoms with Crippen molar-refractivity contribution in [2.45, 2.75) is 229 Å². The minimum absolute atomic E-state index is 0. The largest absolute Gasteiger partial charge is 0.383 e. The average Bonchev–Trinajstić information content (AvgIpc) is 1.65. The highest BCUT2D eigenvalue weighted by Gasteiger charge is 2.30. The van der Waals surface area contributed by atoms with Crippen LogP contribution in [0.15, 0.2) is 0 Å². The summed E-state index contributed by atoms with van der Waals surface area (Å²) < 4.78 is 18.4. The zero-order valence-corrected chi connectivity index (χ0v) is 78.1. The molecule has 656 valence electrons. The first-order chi connectivity index (χ1) is 51.0. The molecule has 2 atom stereocenters. The molecular formula is C91H199FN16O. The fraction of sp³-hybridized carbons (Fsp3) is 1.00. The standard InChI is InChI=1S/C11H24N2O.C11H24N2.C10H20FN.4C10H22N2.C9H20N2.C9H19N.CH4/c1-11(2)10-13-6-4-12(5-7-13)8-9-14-3;1-4-5-12-6-8-13(9-7-12)10-11(2)3;1-9(2)8-12-6-4-10(3,11)5-7-12;1-9(2)7-12-6-5-10(8-12)11(3)4;1-9(2)7-12-6-5-11(4)10(3)8-12;1-10(2)9-12-6-4-5-11(3)7-8-12;1-4-11-5-7-12(8-6-11)9-10(2)3;1-9(2)8-11-6-4-10(3)5-7-11;1-9(2)8-10-6-4-3-5-7-10;/h11H,4-10H2,1-3H3;11H,4-10H2,1-3H3;9H,4-8H2,1-3H3;2*9-10H,5-8H2,1-4H3;2*10H,4-9H2,1-3H3;9H,4-8H2,1-3H3;9H,3-8H2,1-2H3;1H4. The van der Waals surface area contributed by atoms with Crippen molar-refractivity contribution < 1.29 is 9.13 Å². The van der Waals surface area contributed by atoms with Gasteiger partial charge in [0.15, 0.2) is 0 Å². The first kappa shape index (κ1) is 108. The molecule has 0 N–H and O–H groups in total. The predicted octanol–water partition coefficient (Wildman–Crippen LogP) is 13.8. The zero-order chi connectivity index (χ0) is 81.2. The fourth-order valence-electron chi connectivity index (χ4n) is 16.2. The van der Waals surface area contributed by atoms with E-state index in [1.165, 1.54) is 281 Å². The first-order valence-electron chi connectivity index (χ1n) is 45.6. The van der Waals surface area contributed by atoms with E-state index in [4.69, 9.17) is 4.74 Å². The molecule has 9 aliphatic heterocycles. The van der Waals surface area contributed by atoms with E-state index in [-0.39, 0.29) is 7.43 Å². The summed E-state index contributed by atoms with van der Waals surface area (Å²) in [6, 6.07) is 1.53. The van der Waals surface area contributed by atoms with Gasteiger partial charge in [0.1, 0.15) is 5.67 Å². The maximum Gasteiger partial charge on any atom is 0.110 e. The highest BCUT2D eigenvalue weighted by Crippen LogP contribution is 2.26. The van der Waals surface area contributed by atoms with E-state index in [0.29, 0.717) is 18.8 Å². The van der Waals surface area contributed by atoms with Gasteiger partial charge < -0.3 is 78.2 Å². The van der Waals surface area contributed by atoms with Crippen LogP contribution in [0.1, 0.15) is 211 Å². The normalized spacial score (nSPS) is 23.1. The second kappa shape index (κ2) is 64.3. The van der Waals surface area contributed by atoms with Crippen LogP contribution in [0.2, 0.25) is 0 Å². The van der Waals surface area contributed by atoms with Crippen molar-refractivity contribution in [3.63, 3.8) is 0 Å². The van der Waals surface area contributed by atoms with E-state index < -0.39 is 5.67 Å². The van der Waals surface area contributed by atoms with Crippen molar-refractivity contribution >= 4 is 0 Å². The van der Waals surface area contributed by atoms with Crippen LogP contribution in [0.25, 0.3) is 0 Å². The van der Waals surface area contributed by atoms with Crippen molar-refractivity contribution in [1.82, 2.24) is 78.4 Å². The zero-order valence-electron chi connectivity index (χ0n) is 78.1. The van der Waals surface area contributed by atoms with Gasteiger partial charge in [0.25, 0.3) is 0 Å². The smallest absolute Gasteiger partial charge is 0.110 e. The second-order valence-electron chi connectivity index (χ2n) is 38.9. The molecule has 9 saturated heterocycles. The van der Waals surface area contributed by atoms with Gasteiger partial charge in [-0.05, 0) is 193 Å². The quantitative estimate of drug-likeness (QED) is 0.0871. The third-order valence-electron chi connectivity index (χ3n) is 22.4. The van der Waals surface area contributed by atoms with Gasteiger partial charge in [-0.2, -0.15) is 0 Å². The summed E-state index contributed by atoms with van der Waals surface area (Å²) in [6.45, 7) is 101. The molecule has 2 unspecified atom stereocenters. The fourth-order valence-corrected chi connectivity index (χ4v) is 16.2. The number of methoxy groups -OCH3 is 1. The Morgan fingerprint density at radius 2 is 0.642 bits per heavy atom. The average molecular weight is 1550 g/mol. The third kappa shape index (κ3) is 59.5. The summed E-state index contributed by atoms with van der Waals surface area (Å²) in [5.41, 5.74) is -0.895. The Balaban J connectivity index is 0.00000120. The van der Waals surface area contributed by atoms with Crippen LogP contribution in [0.5, 0.6) is 0 Å². The van der Waals surface area contributed by atoms with Gasteiger partial charge in [0.2, 0.25) is 0 Å². The summed E-state index contributed by atoms with van der Waals surface area (Å²) in [5, 5.41) is 0. The molecule has 9 rings (SSSR count). The lowest BCUT2D eigenvalue weighted by Crippen LogP contribution is -2.50. The van der Waals surface area contributed by atoms with Gasteiger partial charge in [0.05, 0.1) is 6.61 Å². The Morgan fingerprint density at radius 3 is 0.982 bits per heavy atom. The van der Waals surface area contributed by atoms with Crippen molar-refractivity contribution in [2.75, 3.05) is 317 Å². The van der Waals surface area contributed by atoms with E-state index in [2.05, 4.69) is 259 Å². The number of nitrogens with zero attached hydrogens (tertiary/aromatic N) is 16. The number of ether oxygens (including phenoxy) is 1. The minimum Gasteiger partial charge on any atom is -0.383 e. The summed E-state index contributed by atoms with van der Waals surface area (Å²) in [6.07, 6.45) is 9.70. The lowest BCUT2D eigenvalue weighted by Gasteiger charge is -2.38. The molecule has 0 spiro atoms. The van der Waals surface area contributed by atoms with E-state index in [1.807, 2.05) is 0 Å². The number of hydrogen-bond acceptors (Lipinski definition) is 17. The molecule has 0 saturated carbocycles. The molecule has 17 nitrogen and oxygen atoms in total. The molecule has 0 bridgehead atoms. The Hall–Kier alpha value is -0.750. The van der Waals surface area contributed by atoms with Crippen molar-refractivity contribution in [3.05, 3.63) is 0 Å². The summed E-state index contributed by atoms with van der Waals surface area (Å²) in [4.78, 5) is 40.2. The van der Waals surface area contributed by atoms with Crippen LogP contribution < -0.4 is 0 Å². The van der Waals surface area contributed by atoms with Crippen molar-refractivity contribution in [2.24, 2.45) is 53.3 Å². The maximum absolute atomic E-state index is 13.4. The van der Waals surface area contributed by atoms with Crippen molar-refractivity contribution in [1.29, 1.82) is 0 Å². The topological polar surface area (TPSA) is 61.1 Å². The highest BCUT2D eigenvalue weighted by molar-refractivity contribution is 4.84. The minimum atomic E-state index is -0.895. The first-order valence-corrected chi connectivity index (χ1v) is 45.6. The molecule has 0 aromatic carbocycles. The second-order valence-corrected chi connectivity index (χ2v) is 38.9. The van der Waals surface area contributed by atoms with Crippen LogP contribution in [-0.4, -0.2) is 413 Å². The Morgan fingerprint density at radius 1 is 0.349 bits per heavy atom. The number of hydrogen-bond donors (Lipinski definition) is 0. The van der Waals surface area contributed by atoms with Crippen LogP contribution in [-0.2, 0) is 4.74 Å². The van der Waals surface area contributed by atoms with E-state index in [1.54, 1.807) is 14.0 Å². The number of piperazine rings is 5. The monoisotopic (exact) mass is 1550 g/mol. The Bertz CT molecular complexity index is 1950. The molecule has 9 heterocycles. The molecule has 0 aliphatic carbocycles.